The van der Waals surface area contributed by atoms with Crippen LogP contribution in [-0.2, 0) is 0 Å². The Balaban J connectivity index is 1.85. The van der Waals surface area contributed by atoms with Crippen LogP contribution in [-0.4, -0.2) is 24.1 Å². The summed E-state index contributed by atoms with van der Waals surface area (Å²) in [5.41, 5.74) is 0.555. The highest BCUT2D eigenvalue weighted by molar-refractivity contribution is 6.07. The molecule has 3 rings (SSSR count). The summed E-state index contributed by atoms with van der Waals surface area (Å²) in [6.45, 7) is 0. The molecule has 0 atom stereocenters. The summed E-state index contributed by atoms with van der Waals surface area (Å²) < 4.78 is 10.8. The second-order valence-corrected chi connectivity index (χ2v) is 5.61. The smallest absolute Gasteiger partial charge is 0.337 e. The lowest BCUT2D eigenvalue weighted by Gasteiger charge is -2.12. The van der Waals surface area contributed by atoms with Gasteiger partial charge in [-0.1, -0.05) is 18.2 Å². The molecule has 0 aliphatic heterocycles. The molecular formula is C21H17NO5. The maximum Gasteiger partial charge on any atom is 0.337 e. The van der Waals surface area contributed by atoms with Crippen LogP contribution in [0.4, 0.5) is 5.69 Å². The number of nitrogens with one attached hydrogen (secondary N) is 1. The van der Waals surface area contributed by atoms with Crippen molar-refractivity contribution in [3.8, 4) is 17.2 Å². The van der Waals surface area contributed by atoms with Crippen molar-refractivity contribution in [3.63, 3.8) is 0 Å². The van der Waals surface area contributed by atoms with Crippen LogP contribution in [0.5, 0.6) is 17.2 Å². The van der Waals surface area contributed by atoms with Crippen molar-refractivity contribution in [3.05, 3.63) is 83.9 Å². The van der Waals surface area contributed by atoms with E-state index in [1.165, 1.54) is 18.2 Å². The number of hydrogen-bond donors (Lipinski definition) is 2. The number of aromatic carboxylic acids is 1. The monoisotopic (exact) mass is 363 g/mol. The van der Waals surface area contributed by atoms with E-state index in [1.54, 1.807) is 61.7 Å². The first-order chi connectivity index (χ1) is 13.1. The van der Waals surface area contributed by atoms with Crippen molar-refractivity contribution in [1.29, 1.82) is 0 Å². The third-order valence-corrected chi connectivity index (χ3v) is 3.80. The number of amides is 1. The quantitative estimate of drug-likeness (QED) is 0.676. The number of anilines is 1. The highest BCUT2D eigenvalue weighted by Crippen LogP contribution is 2.28. The van der Waals surface area contributed by atoms with E-state index in [2.05, 4.69) is 5.32 Å². The molecule has 136 valence electrons. The predicted octanol–water partition coefficient (Wildman–Crippen LogP) is 4.44. The number of carbonyl (C=O) groups excluding carboxylic acids is 1. The van der Waals surface area contributed by atoms with Crippen molar-refractivity contribution in [2.24, 2.45) is 0 Å². The lowest BCUT2D eigenvalue weighted by atomic mass is 10.1. The molecule has 0 aromatic heterocycles. The van der Waals surface area contributed by atoms with E-state index in [-0.39, 0.29) is 11.3 Å². The highest BCUT2D eigenvalue weighted by Gasteiger charge is 2.15. The van der Waals surface area contributed by atoms with Gasteiger partial charge in [0.1, 0.15) is 17.2 Å². The molecule has 27 heavy (non-hydrogen) atoms. The number of benzene rings is 3. The number of carboxylic acid groups (broad SMARTS) is 1. The van der Waals surface area contributed by atoms with Gasteiger partial charge >= 0.3 is 5.97 Å². The molecular weight excluding hydrogens is 346 g/mol. The van der Waals surface area contributed by atoms with Gasteiger partial charge in [0.15, 0.2) is 0 Å². The maximum absolute atomic E-state index is 12.4. The largest absolute Gasteiger partial charge is 0.497 e. The van der Waals surface area contributed by atoms with E-state index in [0.717, 1.165) is 0 Å². The van der Waals surface area contributed by atoms with Gasteiger partial charge in [-0.15, -0.1) is 0 Å². The van der Waals surface area contributed by atoms with Crippen molar-refractivity contribution in [2.75, 3.05) is 12.4 Å². The first kappa shape index (κ1) is 18.0. The molecule has 0 saturated carbocycles. The Morgan fingerprint density at radius 1 is 0.852 bits per heavy atom. The van der Waals surface area contributed by atoms with Crippen molar-refractivity contribution in [1.82, 2.24) is 0 Å². The summed E-state index contributed by atoms with van der Waals surface area (Å²) in [7, 11) is 1.57. The average Bonchev–Trinajstić information content (AvgIpc) is 2.69. The van der Waals surface area contributed by atoms with Crippen LogP contribution < -0.4 is 14.8 Å². The van der Waals surface area contributed by atoms with Gasteiger partial charge in [0, 0.05) is 11.6 Å². The summed E-state index contributed by atoms with van der Waals surface area (Å²) in [5, 5.41) is 12.0. The molecule has 6 nitrogen and oxygen atoms in total. The van der Waals surface area contributed by atoms with Crippen LogP contribution in [0, 0.1) is 0 Å². The molecule has 2 N–H and O–H groups in total. The van der Waals surface area contributed by atoms with Crippen LogP contribution in [0.15, 0.2) is 72.8 Å². The summed E-state index contributed by atoms with van der Waals surface area (Å²) >= 11 is 0. The SMILES string of the molecule is COc1ccc(Oc2ccc(C(=O)O)c(NC(=O)c3ccccc3)c2)cc1. The zero-order chi connectivity index (χ0) is 19.2. The molecule has 1 amide bonds. The van der Waals surface area contributed by atoms with E-state index in [1.807, 2.05) is 0 Å². The summed E-state index contributed by atoms with van der Waals surface area (Å²) in [6, 6.07) is 19.9. The molecule has 0 heterocycles. The van der Waals surface area contributed by atoms with Crippen molar-refractivity contribution < 1.29 is 24.2 Å². The van der Waals surface area contributed by atoms with Gasteiger partial charge in [0.25, 0.3) is 5.91 Å². The second kappa shape index (κ2) is 8.05. The molecule has 0 saturated heterocycles. The van der Waals surface area contributed by atoms with Crippen LogP contribution in [0.1, 0.15) is 20.7 Å². The molecule has 0 aliphatic carbocycles. The fraction of sp³-hybridized carbons (Fsp3) is 0.0476. The molecule has 0 fully saturated rings. The molecule has 3 aromatic carbocycles. The maximum atomic E-state index is 12.4. The van der Waals surface area contributed by atoms with E-state index >= 15 is 0 Å². The molecule has 0 bridgehead atoms. The first-order valence-corrected chi connectivity index (χ1v) is 8.12. The zero-order valence-electron chi connectivity index (χ0n) is 14.5. The third-order valence-electron chi connectivity index (χ3n) is 3.80. The third kappa shape index (κ3) is 4.43. The fourth-order valence-corrected chi connectivity index (χ4v) is 2.44. The lowest BCUT2D eigenvalue weighted by molar-refractivity contribution is 0.0698. The first-order valence-electron chi connectivity index (χ1n) is 8.12. The van der Waals surface area contributed by atoms with Gasteiger partial charge < -0.3 is 19.9 Å². The molecule has 0 unspecified atom stereocenters. The lowest BCUT2D eigenvalue weighted by Crippen LogP contribution is -2.14. The predicted molar refractivity (Wildman–Crippen MR) is 101 cm³/mol. The van der Waals surface area contributed by atoms with Crippen molar-refractivity contribution >= 4 is 17.6 Å². The number of rotatable bonds is 6. The standard InChI is InChI=1S/C21H17NO5/c1-26-15-7-9-16(10-8-15)27-17-11-12-18(21(24)25)19(13-17)22-20(23)14-5-3-2-4-6-14/h2-13H,1H3,(H,22,23)(H,24,25). The minimum atomic E-state index is -1.14. The molecule has 0 spiro atoms. The van der Waals surface area contributed by atoms with E-state index in [4.69, 9.17) is 9.47 Å². The van der Waals surface area contributed by atoms with Crippen molar-refractivity contribution in [2.45, 2.75) is 0 Å². The van der Waals surface area contributed by atoms with Gasteiger partial charge in [-0.2, -0.15) is 0 Å². The Bertz CT molecular complexity index is 952. The van der Waals surface area contributed by atoms with Gasteiger partial charge in [-0.3, -0.25) is 4.79 Å². The van der Waals surface area contributed by atoms with Gasteiger partial charge in [0.2, 0.25) is 0 Å². The highest BCUT2D eigenvalue weighted by atomic mass is 16.5. The summed E-state index contributed by atoms with van der Waals surface area (Å²) in [4.78, 5) is 23.8. The average molecular weight is 363 g/mol. The van der Waals surface area contributed by atoms with E-state index in [0.29, 0.717) is 22.8 Å². The number of ether oxygens (including phenoxy) is 2. The van der Waals surface area contributed by atoms with E-state index in [9.17, 15) is 14.7 Å². The summed E-state index contributed by atoms with van der Waals surface area (Å²) in [6.07, 6.45) is 0. The van der Waals surface area contributed by atoms with Crippen LogP contribution in [0.25, 0.3) is 0 Å². The fourth-order valence-electron chi connectivity index (χ4n) is 2.44. The minimum Gasteiger partial charge on any atom is -0.497 e. The zero-order valence-corrected chi connectivity index (χ0v) is 14.5. The van der Waals surface area contributed by atoms with Gasteiger partial charge in [-0.25, -0.2) is 4.79 Å². The van der Waals surface area contributed by atoms with Crippen LogP contribution >= 0.6 is 0 Å². The topological polar surface area (TPSA) is 84.9 Å². The Morgan fingerprint density at radius 2 is 1.48 bits per heavy atom. The Labute approximate surface area is 156 Å². The molecule has 0 radical (unpaired) electrons. The molecule has 3 aromatic rings. The van der Waals surface area contributed by atoms with E-state index < -0.39 is 11.9 Å². The Kier molecular flexibility index (Phi) is 5.37. The normalized spacial score (nSPS) is 10.1. The number of carbonyl (C=O) groups is 2. The number of carboxylic acids is 1. The van der Waals surface area contributed by atoms with Gasteiger partial charge in [-0.05, 0) is 48.5 Å². The van der Waals surface area contributed by atoms with Crippen LogP contribution in [0.3, 0.4) is 0 Å². The van der Waals surface area contributed by atoms with Crippen LogP contribution in [0.2, 0.25) is 0 Å². The molecule has 0 aliphatic rings. The van der Waals surface area contributed by atoms with Gasteiger partial charge in [0.05, 0.1) is 18.4 Å². The minimum absolute atomic E-state index is 0.0265. The molecule has 6 heteroatoms. The number of hydrogen-bond acceptors (Lipinski definition) is 4. The second-order valence-electron chi connectivity index (χ2n) is 5.61. The summed E-state index contributed by atoms with van der Waals surface area (Å²) in [5.74, 6) is 0.0983. The Hall–Kier alpha value is -3.80. The Morgan fingerprint density at radius 3 is 2.11 bits per heavy atom. The number of methoxy groups -OCH3 is 1.